The first kappa shape index (κ1) is 18.6. The van der Waals surface area contributed by atoms with Gasteiger partial charge in [-0.2, -0.15) is 0 Å². The number of likely N-dealkylation sites (tertiary alicyclic amines) is 1. The minimum absolute atomic E-state index is 0.0267. The topological polar surface area (TPSA) is 161 Å². The van der Waals surface area contributed by atoms with Gasteiger partial charge in [-0.1, -0.05) is 6.92 Å². The van der Waals surface area contributed by atoms with Crippen molar-refractivity contribution in [2.75, 3.05) is 38.6 Å². The van der Waals surface area contributed by atoms with E-state index >= 15 is 0 Å². The second-order valence-electron chi connectivity index (χ2n) is 7.34. The third-order valence-corrected chi connectivity index (χ3v) is 5.66. The highest BCUT2D eigenvalue weighted by molar-refractivity contribution is 5.99. The predicted octanol–water partition coefficient (Wildman–Crippen LogP) is -1.26. The number of ether oxygens (including phenoxy) is 1. The van der Waals surface area contributed by atoms with E-state index in [4.69, 9.17) is 27.7 Å². The molecule has 2 saturated heterocycles. The summed E-state index contributed by atoms with van der Waals surface area (Å²) in [6.45, 7) is 5.80. The third kappa shape index (κ3) is 3.25. The van der Waals surface area contributed by atoms with Crippen LogP contribution in [0.5, 0.6) is 0 Å². The van der Waals surface area contributed by atoms with Crippen molar-refractivity contribution in [1.29, 1.82) is 0 Å². The van der Waals surface area contributed by atoms with Crippen LogP contribution in [0.1, 0.15) is 18.9 Å². The first-order valence-electron chi connectivity index (χ1n) is 8.90. The molecule has 3 heterocycles. The number of amides is 1. The fourth-order valence-electron chi connectivity index (χ4n) is 3.66. The molecular formula is C17H29N7O2. The van der Waals surface area contributed by atoms with Gasteiger partial charge in [0.1, 0.15) is 11.5 Å². The Morgan fingerprint density at radius 1 is 1.46 bits per heavy atom. The lowest BCUT2D eigenvalue weighted by atomic mass is 9.86. The second kappa shape index (κ2) is 7.18. The molecule has 2 fully saturated rings. The Morgan fingerprint density at radius 3 is 2.69 bits per heavy atom. The molecule has 2 unspecified atom stereocenters. The zero-order valence-corrected chi connectivity index (χ0v) is 15.1. The van der Waals surface area contributed by atoms with Crippen molar-refractivity contribution in [2.24, 2.45) is 23.1 Å². The number of nitrogens with two attached hydrogens (primary N) is 4. The minimum Gasteiger partial charge on any atom is -0.393 e. The molecule has 0 saturated carbocycles. The zero-order chi connectivity index (χ0) is 18.9. The molecule has 0 bridgehead atoms. The zero-order valence-electron chi connectivity index (χ0n) is 15.1. The van der Waals surface area contributed by atoms with Crippen molar-refractivity contribution in [3.8, 4) is 0 Å². The Morgan fingerprint density at radius 2 is 2.19 bits per heavy atom. The van der Waals surface area contributed by atoms with Crippen molar-refractivity contribution >= 4 is 17.4 Å². The summed E-state index contributed by atoms with van der Waals surface area (Å²) in [4.78, 5) is 17.0. The summed E-state index contributed by atoms with van der Waals surface area (Å²) in [5.74, 6) is 0.139. The van der Waals surface area contributed by atoms with Crippen LogP contribution in [0.3, 0.4) is 0 Å². The molecule has 9 heteroatoms. The van der Waals surface area contributed by atoms with Crippen LogP contribution in [0.2, 0.25) is 0 Å². The van der Waals surface area contributed by atoms with E-state index in [0.717, 1.165) is 19.5 Å². The van der Waals surface area contributed by atoms with Crippen molar-refractivity contribution < 1.29 is 9.53 Å². The Kier molecular flexibility index (Phi) is 5.12. The maximum absolute atomic E-state index is 11.7. The second-order valence-corrected chi connectivity index (χ2v) is 7.34. The highest BCUT2D eigenvalue weighted by Crippen LogP contribution is 2.31. The Labute approximate surface area is 153 Å². The lowest BCUT2D eigenvalue weighted by molar-refractivity contribution is -0.145. The van der Waals surface area contributed by atoms with Gasteiger partial charge in [-0.15, -0.1) is 0 Å². The number of nitrogens with one attached hydrogen (secondary N) is 2. The molecule has 0 spiro atoms. The molecule has 1 amide bonds. The number of hydrogen-bond donors (Lipinski definition) is 6. The molecule has 1 aromatic heterocycles. The molecule has 0 aromatic carbocycles. The number of hydrogen-bond acceptors (Lipinski definition) is 7. The molecule has 144 valence electrons. The van der Waals surface area contributed by atoms with Gasteiger partial charge in [-0.25, -0.2) is 0 Å². The molecule has 2 atom stereocenters. The molecule has 2 aliphatic rings. The highest BCUT2D eigenvalue weighted by Gasteiger charge is 2.45. The van der Waals surface area contributed by atoms with Crippen LogP contribution in [0, 0.1) is 5.92 Å². The largest absolute Gasteiger partial charge is 0.393 e. The molecule has 10 N–H and O–H groups in total. The number of anilines is 1. The smallest absolute Gasteiger partial charge is 0.266 e. The minimum atomic E-state index is -0.681. The Bertz CT molecular complexity index is 690. The molecule has 2 aliphatic heterocycles. The maximum atomic E-state index is 11.7. The van der Waals surface area contributed by atoms with Crippen LogP contribution in [0.4, 0.5) is 5.82 Å². The molecule has 1 aromatic rings. The SMILES string of the molecule is CC1CCN(C2(CN)COC2)CC1N/C(=C(/N)C(N)=O)c1cc[nH]c1N. The number of carbonyl (C=O) groups is 1. The van der Waals surface area contributed by atoms with Gasteiger partial charge in [-0.05, 0) is 24.9 Å². The first-order chi connectivity index (χ1) is 12.4. The molecule has 26 heavy (non-hydrogen) atoms. The van der Waals surface area contributed by atoms with Crippen molar-refractivity contribution in [3.05, 3.63) is 23.5 Å². The van der Waals surface area contributed by atoms with Gasteiger partial charge in [0, 0.05) is 30.9 Å². The molecule has 3 rings (SSSR count). The average Bonchev–Trinajstić information content (AvgIpc) is 2.99. The van der Waals surface area contributed by atoms with Gasteiger partial charge >= 0.3 is 0 Å². The lowest BCUT2D eigenvalue weighted by Crippen LogP contribution is -2.69. The van der Waals surface area contributed by atoms with Gasteiger partial charge in [0.25, 0.3) is 5.91 Å². The van der Waals surface area contributed by atoms with Crippen LogP contribution in [-0.2, 0) is 9.53 Å². The normalized spacial score (nSPS) is 26.7. The van der Waals surface area contributed by atoms with E-state index in [0.29, 0.717) is 42.8 Å². The molecule has 0 aliphatic carbocycles. The van der Waals surface area contributed by atoms with E-state index in [9.17, 15) is 4.79 Å². The predicted molar refractivity (Wildman–Crippen MR) is 100 cm³/mol. The van der Waals surface area contributed by atoms with Crippen LogP contribution in [-0.4, -0.2) is 60.2 Å². The third-order valence-electron chi connectivity index (χ3n) is 5.66. The van der Waals surface area contributed by atoms with E-state index in [1.165, 1.54) is 0 Å². The fourth-order valence-corrected chi connectivity index (χ4v) is 3.66. The number of aromatic nitrogens is 1. The Hall–Kier alpha value is -2.23. The summed E-state index contributed by atoms with van der Waals surface area (Å²) in [5, 5.41) is 3.43. The van der Waals surface area contributed by atoms with E-state index in [1.54, 1.807) is 12.3 Å². The summed E-state index contributed by atoms with van der Waals surface area (Å²) >= 11 is 0. The number of carbonyl (C=O) groups excluding carboxylic acids is 1. The van der Waals surface area contributed by atoms with Gasteiger partial charge in [0.2, 0.25) is 0 Å². The molecule has 0 radical (unpaired) electrons. The summed E-state index contributed by atoms with van der Waals surface area (Å²) in [5.41, 5.74) is 24.4. The number of rotatable bonds is 6. The van der Waals surface area contributed by atoms with Gasteiger partial charge in [0.05, 0.1) is 24.4 Å². The van der Waals surface area contributed by atoms with E-state index in [1.807, 2.05) is 0 Å². The van der Waals surface area contributed by atoms with Crippen LogP contribution in [0.25, 0.3) is 5.70 Å². The number of primary amides is 1. The van der Waals surface area contributed by atoms with Gasteiger partial charge < -0.3 is 38.0 Å². The molecular weight excluding hydrogens is 334 g/mol. The fraction of sp³-hybridized carbons (Fsp3) is 0.588. The van der Waals surface area contributed by atoms with Crippen LogP contribution >= 0.6 is 0 Å². The maximum Gasteiger partial charge on any atom is 0.266 e. The summed E-state index contributed by atoms with van der Waals surface area (Å²) in [7, 11) is 0. The van der Waals surface area contributed by atoms with Crippen molar-refractivity contribution in [3.63, 3.8) is 0 Å². The summed E-state index contributed by atoms with van der Waals surface area (Å²) in [6.07, 6.45) is 2.71. The number of nitrogen functional groups attached to an aromatic ring is 1. The van der Waals surface area contributed by atoms with Crippen LogP contribution in [0.15, 0.2) is 18.0 Å². The monoisotopic (exact) mass is 363 g/mol. The number of nitrogens with zero attached hydrogens (tertiary/aromatic N) is 1. The first-order valence-corrected chi connectivity index (χ1v) is 8.90. The van der Waals surface area contributed by atoms with E-state index < -0.39 is 5.91 Å². The van der Waals surface area contributed by atoms with Gasteiger partial charge in [0.15, 0.2) is 0 Å². The summed E-state index contributed by atoms with van der Waals surface area (Å²) in [6, 6.07) is 1.86. The van der Waals surface area contributed by atoms with E-state index in [-0.39, 0.29) is 17.3 Å². The lowest BCUT2D eigenvalue weighted by Gasteiger charge is -2.53. The number of H-pyrrole nitrogens is 1. The van der Waals surface area contributed by atoms with E-state index in [2.05, 4.69) is 22.1 Å². The van der Waals surface area contributed by atoms with Gasteiger partial charge in [-0.3, -0.25) is 9.69 Å². The Balaban J connectivity index is 1.84. The quantitative estimate of drug-likeness (QED) is 0.344. The number of piperidine rings is 1. The molecule has 9 nitrogen and oxygen atoms in total. The number of aromatic amines is 1. The highest BCUT2D eigenvalue weighted by atomic mass is 16.5. The van der Waals surface area contributed by atoms with Crippen molar-refractivity contribution in [2.45, 2.75) is 24.9 Å². The average molecular weight is 363 g/mol. The van der Waals surface area contributed by atoms with Crippen LogP contribution < -0.4 is 28.3 Å². The standard InChI is InChI=1S/C17H29N7O2/c1-10-3-5-24(17(7-18)8-26-9-17)6-12(10)23-14(13(19)16(21)25)11-2-4-22-15(11)20/h2,4,10,12,22-23H,3,5-9,18-20H2,1H3,(H2,21,25)/b14-13+. The summed E-state index contributed by atoms with van der Waals surface area (Å²) < 4.78 is 5.42. The van der Waals surface area contributed by atoms with Crippen molar-refractivity contribution in [1.82, 2.24) is 15.2 Å².